The first-order chi connectivity index (χ1) is 12.6. The SMILES string of the molecule is Cc1occc1-c1nnc(SCC(=O)NCC(C)C)n1-c1ccccc1. The number of carbonyl (C=O) groups excluding carboxylic acids is 1. The number of nitrogens with one attached hydrogen (secondary N) is 1. The number of thioether (sulfide) groups is 1. The smallest absolute Gasteiger partial charge is 0.230 e. The van der Waals surface area contributed by atoms with Crippen LogP contribution in [0.3, 0.4) is 0 Å². The van der Waals surface area contributed by atoms with Crippen LogP contribution in [-0.2, 0) is 4.79 Å². The second-order valence-electron chi connectivity index (χ2n) is 6.35. The lowest BCUT2D eigenvalue weighted by atomic mass is 10.2. The normalized spacial score (nSPS) is 11.1. The minimum atomic E-state index is -0.00708. The van der Waals surface area contributed by atoms with Gasteiger partial charge in [-0.3, -0.25) is 9.36 Å². The number of carbonyl (C=O) groups is 1. The van der Waals surface area contributed by atoms with Gasteiger partial charge in [0.25, 0.3) is 0 Å². The molecule has 26 heavy (non-hydrogen) atoms. The zero-order chi connectivity index (χ0) is 18.5. The van der Waals surface area contributed by atoms with Gasteiger partial charge in [0.1, 0.15) is 5.76 Å². The maximum absolute atomic E-state index is 12.1. The molecule has 0 fully saturated rings. The topological polar surface area (TPSA) is 72.9 Å². The van der Waals surface area contributed by atoms with E-state index in [0.717, 1.165) is 17.0 Å². The molecule has 0 aliphatic carbocycles. The van der Waals surface area contributed by atoms with Crippen LogP contribution in [0.4, 0.5) is 0 Å². The number of para-hydroxylation sites is 1. The first-order valence-corrected chi connectivity index (χ1v) is 9.49. The molecule has 0 saturated heterocycles. The first-order valence-electron chi connectivity index (χ1n) is 8.51. The van der Waals surface area contributed by atoms with Crippen LogP contribution < -0.4 is 5.32 Å². The molecular weight excluding hydrogens is 348 g/mol. The number of nitrogens with zero attached hydrogens (tertiary/aromatic N) is 3. The highest BCUT2D eigenvalue weighted by atomic mass is 32.2. The van der Waals surface area contributed by atoms with Gasteiger partial charge in [-0.2, -0.15) is 0 Å². The lowest BCUT2D eigenvalue weighted by Gasteiger charge is -2.10. The maximum atomic E-state index is 12.1. The molecular formula is C19H22N4O2S. The van der Waals surface area contributed by atoms with Gasteiger partial charge >= 0.3 is 0 Å². The van der Waals surface area contributed by atoms with Gasteiger partial charge < -0.3 is 9.73 Å². The van der Waals surface area contributed by atoms with E-state index < -0.39 is 0 Å². The summed E-state index contributed by atoms with van der Waals surface area (Å²) in [6.45, 7) is 6.70. The van der Waals surface area contributed by atoms with Crippen molar-refractivity contribution < 1.29 is 9.21 Å². The quantitative estimate of drug-likeness (QED) is 0.642. The fourth-order valence-corrected chi connectivity index (χ4v) is 3.25. The molecule has 136 valence electrons. The third-order valence-electron chi connectivity index (χ3n) is 3.79. The number of aryl methyl sites for hydroxylation is 1. The molecule has 1 amide bonds. The van der Waals surface area contributed by atoms with E-state index in [1.54, 1.807) is 6.26 Å². The monoisotopic (exact) mass is 370 g/mol. The summed E-state index contributed by atoms with van der Waals surface area (Å²) in [6.07, 6.45) is 1.64. The molecule has 0 radical (unpaired) electrons. The Kier molecular flexibility index (Phi) is 5.78. The molecule has 1 N–H and O–H groups in total. The molecule has 3 aromatic rings. The zero-order valence-corrected chi connectivity index (χ0v) is 15.9. The Morgan fingerprint density at radius 3 is 2.65 bits per heavy atom. The molecule has 0 bridgehead atoms. The van der Waals surface area contributed by atoms with Crippen molar-refractivity contribution in [3.63, 3.8) is 0 Å². The van der Waals surface area contributed by atoms with E-state index in [9.17, 15) is 4.79 Å². The van der Waals surface area contributed by atoms with E-state index in [4.69, 9.17) is 4.42 Å². The Hall–Kier alpha value is -2.54. The van der Waals surface area contributed by atoms with Gasteiger partial charge in [0.05, 0.1) is 17.6 Å². The van der Waals surface area contributed by atoms with Crippen LogP contribution >= 0.6 is 11.8 Å². The third-order valence-corrected chi connectivity index (χ3v) is 4.72. The standard InChI is InChI=1S/C19H22N4O2S/c1-13(2)11-20-17(24)12-26-19-22-21-18(16-9-10-25-14(16)3)23(19)15-7-5-4-6-8-15/h4-10,13H,11-12H2,1-3H3,(H,20,24). The van der Waals surface area contributed by atoms with Crippen molar-refractivity contribution in [2.24, 2.45) is 5.92 Å². The van der Waals surface area contributed by atoms with Crippen molar-refractivity contribution in [1.82, 2.24) is 20.1 Å². The van der Waals surface area contributed by atoms with Gasteiger partial charge in [-0.25, -0.2) is 0 Å². The van der Waals surface area contributed by atoms with Crippen molar-refractivity contribution in [1.29, 1.82) is 0 Å². The lowest BCUT2D eigenvalue weighted by molar-refractivity contribution is -0.118. The zero-order valence-electron chi connectivity index (χ0n) is 15.1. The van der Waals surface area contributed by atoms with E-state index in [1.165, 1.54) is 11.8 Å². The van der Waals surface area contributed by atoms with Crippen LogP contribution in [0.25, 0.3) is 17.1 Å². The summed E-state index contributed by atoms with van der Waals surface area (Å²) in [5, 5.41) is 12.3. The summed E-state index contributed by atoms with van der Waals surface area (Å²) in [7, 11) is 0. The minimum absolute atomic E-state index is 0.00708. The summed E-state index contributed by atoms with van der Waals surface area (Å²) in [4.78, 5) is 12.1. The van der Waals surface area contributed by atoms with Crippen LogP contribution in [0.2, 0.25) is 0 Å². The minimum Gasteiger partial charge on any atom is -0.469 e. The number of hydrogen-bond donors (Lipinski definition) is 1. The number of aromatic nitrogens is 3. The summed E-state index contributed by atoms with van der Waals surface area (Å²) in [5.41, 5.74) is 1.83. The van der Waals surface area contributed by atoms with Gasteiger partial charge in [-0.15, -0.1) is 10.2 Å². The molecule has 1 aromatic carbocycles. The van der Waals surface area contributed by atoms with Gasteiger partial charge in [-0.1, -0.05) is 43.8 Å². The van der Waals surface area contributed by atoms with Gasteiger partial charge in [-0.05, 0) is 31.0 Å². The third kappa shape index (κ3) is 4.16. The highest BCUT2D eigenvalue weighted by molar-refractivity contribution is 7.99. The molecule has 2 aromatic heterocycles. The number of amides is 1. The second kappa shape index (κ2) is 8.23. The summed E-state index contributed by atoms with van der Waals surface area (Å²) < 4.78 is 7.38. The Bertz CT molecular complexity index is 871. The average Bonchev–Trinajstić information content (AvgIpc) is 3.24. The van der Waals surface area contributed by atoms with E-state index in [2.05, 4.69) is 29.4 Å². The van der Waals surface area contributed by atoms with E-state index in [0.29, 0.717) is 29.2 Å². The van der Waals surface area contributed by atoms with Crippen LogP contribution in [0.15, 0.2) is 52.2 Å². The number of hydrogen-bond acceptors (Lipinski definition) is 5. The highest BCUT2D eigenvalue weighted by Crippen LogP contribution is 2.30. The maximum Gasteiger partial charge on any atom is 0.230 e. The molecule has 0 aliphatic heterocycles. The fourth-order valence-electron chi connectivity index (χ4n) is 2.46. The van der Waals surface area contributed by atoms with Crippen molar-refractivity contribution >= 4 is 17.7 Å². The molecule has 3 rings (SSSR count). The van der Waals surface area contributed by atoms with Gasteiger partial charge in [0.15, 0.2) is 11.0 Å². The van der Waals surface area contributed by atoms with Crippen LogP contribution in [0.1, 0.15) is 19.6 Å². The average molecular weight is 370 g/mol. The van der Waals surface area contributed by atoms with E-state index in [1.807, 2.05) is 47.9 Å². The van der Waals surface area contributed by atoms with E-state index >= 15 is 0 Å². The Balaban J connectivity index is 1.88. The molecule has 7 heteroatoms. The predicted octanol–water partition coefficient (Wildman–Crippen LogP) is 3.70. The molecule has 0 atom stereocenters. The van der Waals surface area contributed by atoms with Gasteiger partial charge in [0.2, 0.25) is 5.91 Å². The van der Waals surface area contributed by atoms with Crippen molar-refractivity contribution in [3.8, 4) is 17.1 Å². The largest absolute Gasteiger partial charge is 0.469 e. The van der Waals surface area contributed by atoms with Crippen LogP contribution in [-0.4, -0.2) is 33.0 Å². The Morgan fingerprint density at radius 2 is 2.00 bits per heavy atom. The second-order valence-corrected chi connectivity index (χ2v) is 7.30. The molecule has 0 aliphatic rings. The number of furan rings is 1. The Morgan fingerprint density at radius 1 is 1.23 bits per heavy atom. The summed E-state index contributed by atoms with van der Waals surface area (Å²) in [6, 6.07) is 11.7. The molecule has 0 saturated carbocycles. The highest BCUT2D eigenvalue weighted by Gasteiger charge is 2.19. The van der Waals surface area contributed by atoms with Crippen molar-refractivity contribution in [2.45, 2.75) is 25.9 Å². The lowest BCUT2D eigenvalue weighted by Crippen LogP contribution is -2.28. The van der Waals surface area contributed by atoms with Crippen molar-refractivity contribution in [2.75, 3.05) is 12.3 Å². The number of rotatable bonds is 7. The summed E-state index contributed by atoms with van der Waals surface area (Å²) >= 11 is 1.37. The predicted molar refractivity (Wildman–Crippen MR) is 102 cm³/mol. The number of benzene rings is 1. The molecule has 2 heterocycles. The first kappa shape index (κ1) is 18.3. The Labute approximate surface area is 157 Å². The molecule has 6 nitrogen and oxygen atoms in total. The molecule has 0 spiro atoms. The van der Waals surface area contributed by atoms with Crippen LogP contribution in [0, 0.1) is 12.8 Å². The molecule has 0 unspecified atom stereocenters. The van der Waals surface area contributed by atoms with Crippen molar-refractivity contribution in [3.05, 3.63) is 48.4 Å². The fraction of sp³-hybridized carbons (Fsp3) is 0.316. The summed E-state index contributed by atoms with van der Waals surface area (Å²) in [5.74, 6) is 2.19. The van der Waals surface area contributed by atoms with Gasteiger partial charge in [0, 0.05) is 12.2 Å². The van der Waals surface area contributed by atoms with Crippen LogP contribution in [0.5, 0.6) is 0 Å². The van der Waals surface area contributed by atoms with E-state index in [-0.39, 0.29) is 5.91 Å².